The Labute approximate surface area is 254 Å². The molecule has 1 saturated heterocycles. The molecule has 0 radical (unpaired) electrons. The second-order valence-corrected chi connectivity index (χ2v) is 12.5. The molecule has 1 aliphatic heterocycles. The molecule has 1 aliphatic carbocycles. The Bertz CT molecular complexity index is 1280. The van der Waals surface area contributed by atoms with E-state index in [4.69, 9.17) is 5.73 Å². The number of nitrogens with two attached hydrogens (primary N) is 1. The van der Waals surface area contributed by atoms with Gasteiger partial charge in [-0.25, -0.2) is 0 Å². The first kappa shape index (κ1) is 33.5. The summed E-state index contributed by atoms with van der Waals surface area (Å²) in [5.74, 6) is -2.92. The van der Waals surface area contributed by atoms with Crippen LogP contribution in [0.3, 0.4) is 0 Å². The molecule has 0 spiro atoms. The first-order valence-corrected chi connectivity index (χ1v) is 15.0. The van der Waals surface area contributed by atoms with Crippen LogP contribution in [0.2, 0.25) is 0 Å². The number of piperidine rings is 1. The fourth-order valence-electron chi connectivity index (χ4n) is 6.21. The van der Waals surface area contributed by atoms with Crippen LogP contribution < -0.4 is 21.7 Å². The van der Waals surface area contributed by atoms with Crippen LogP contribution in [0.15, 0.2) is 46.9 Å². The number of aliphatic hydroxyl groups excluding tert-OH is 1. The van der Waals surface area contributed by atoms with Gasteiger partial charge in [0.15, 0.2) is 5.76 Å². The average molecular weight is 622 g/mol. The molecule has 2 aromatic rings. The van der Waals surface area contributed by atoms with Crippen molar-refractivity contribution >= 4 is 17.7 Å². The predicted octanol–water partition coefficient (Wildman–Crippen LogP) is 2.81. The van der Waals surface area contributed by atoms with Crippen molar-refractivity contribution in [3.8, 4) is 0 Å². The van der Waals surface area contributed by atoms with Crippen molar-refractivity contribution in [2.45, 2.75) is 82.4 Å². The number of fused-ring (bicyclic) bond motifs is 1. The summed E-state index contributed by atoms with van der Waals surface area (Å²) >= 11 is 0. The standard InChI is InChI=1S/C31H42F3N5O5/c1-30(2,35)38-28(42)23-15-20-10-6-7-11-21(20)17-39(23)18-24(40)22(14-19-8-4-3-5-9-19)37-27(41)16-36-29(43)25-12-13-26(44-25)31(32,33)34/h3-5,8-9,12-13,20-24,40H,6-7,10-11,14-18,35H2,1-2H3,(H,36,43)(H,37,41)(H,38,42). The van der Waals surface area contributed by atoms with Gasteiger partial charge in [-0.3, -0.25) is 19.3 Å². The molecule has 2 fully saturated rings. The summed E-state index contributed by atoms with van der Waals surface area (Å²) < 4.78 is 43.0. The Morgan fingerprint density at radius 3 is 2.39 bits per heavy atom. The highest BCUT2D eigenvalue weighted by atomic mass is 19.4. The van der Waals surface area contributed by atoms with Gasteiger partial charge >= 0.3 is 6.18 Å². The van der Waals surface area contributed by atoms with E-state index in [1.165, 1.54) is 0 Å². The fraction of sp³-hybridized carbons (Fsp3) is 0.581. The summed E-state index contributed by atoms with van der Waals surface area (Å²) in [5.41, 5.74) is 6.02. The highest BCUT2D eigenvalue weighted by Gasteiger charge is 2.42. The number of furan rings is 1. The summed E-state index contributed by atoms with van der Waals surface area (Å²) in [6.07, 6.45) is -0.545. The van der Waals surface area contributed by atoms with E-state index in [9.17, 15) is 32.7 Å². The lowest BCUT2D eigenvalue weighted by Crippen LogP contribution is -2.62. The van der Waals surface area contributed by atoms with Crippen molar-refractivity contribution in [3.63, 3.8) is 0 Å². The number of aliphatic hydroxyl groups is 1. The van der Waals surface area contributed by atoms with Crippen LogP contribution in [0.4, 0.5) is 13.2 Å². The third kappa shape index (κ3) is 9.29. The number of hydrogen-bond acceptors (Lipinski definition) is 7. The number of carbonyl (C=O) groups is 3. The van der Waals surface area contributed by atoms with Gasteiger partial charge < -0.3 is 31.2 Å². The lowest BCUT2D eigenvalue weighted by Gasteiger charge is -2.47. The number of likely N-dealkylation sites (tertiary alicyclic amines) is 1. The quantitative estimate of drug-likeness (QED) is 0.242. The van der Waals surface area contributed by atoms with Gasteiger partial charge in [-0.15, -0.1) is 0 Å². The highest BCUT2D eigenvalue weighted by Crippen LogP contribution is 2.39. The third-order valence-electron chi connectivity index (χ3n) is 8.30. The fourth-order valence-corrected chi connectivity index (χ4v) is 6.21. The zero-order valence-electron chi connectivity index (χ0n) is 25.0. The number of amides is 3. The van der Waals surface area contributed by atoms with Crippen molar-refractivity contribution in [2.24, 2.45) is 17.6 Å². The molecule has 13 heteroatoms. The number of nitrogens with one attached hydrogen (secondary N) is 3. The Morgan fingerprint density at radius 1 is 1.07 bits per heavy atom. The molecule has 0 bridgehead atoms. The van der Waals surface area contributed by atoms with Gasteiger partial charge in [0.25, 0.3) is 5.91 Å². The summed E-state index contributed by atoms with van der Waals surface area (Å²) in [4.78, 5) is 40.6. The van der Waals surface area contributed by atoms with Gasteiger partial charge in [-0.2, -0.15) is 13.2 Å². The minimum Gasteiger partial charge on any atom is -0.446 e. The van der Waals surface area contributed by atoms with Gasteiger partial charge in [0.2, 0.25) is 17.6 Å². The number of alkyl halides is 3. The third-order valence-corrected chi connectivity index (χ3v) is 8.30. The Morgan fingerprint density at radius 2 is 1.75 bits per heavy atom. The number of benzene rings is 1. The zero-order valence-corrected chi connectivity index (χ0v) is 25.0. The second kappa shape index (κ2) is 14.1. The van der Waals surface area contributed by atoms with E-state index in [0.717, 1.165) is 37.3 Å². The van der Waals surface area contributed by atoms with Crippen LogP contribution in [-0.4, -0.2) is 71.2 Å². The van der Waals surface area contributed by atoms with E-state index < -0.39 is 59.9 Å². The van der Waals surface area contributed by atoms with Crippen molar-refractivity contribution in [1.29, 1.82) is 0 Å². The van der Waals surface area contributed by atoms with Gasteiger partial charge in [0.05, 0.1) is 30.4 Å². The maximum absolute atomic E-state index is 13.3. The topological polar surface area (TPSA) is 150 Å². The molecule has 5 atom stereocenters. The van der Waals surface area contributed by atoms with Crippen molar-refractivity contribution < 1.29 is 37.1 Å². The van der Waals surface area contributed by atoms with Gasteiger partial charge in [0, 0.05) is 13.1 Å². The summed E-state index contributed by atoms with van der Waals surface area (Å²) in [6.45, 7) is 3.62. The highest BCUT2D eigenvalue weighted by molar-refractivity contribution is 5.94. The van der Waals surface area contributed by atoms with Crippen molar-refractivity contribution in [3.05, 3.63) is 59.5 Å². The summed E-state index contributed by atoms with van der Waals surface area (Å²) in [5, 5.41) is 19.4. The van der Waals surface area contributed by atoms with E-state index in [1.807, 2.05) is 35.2 Å². The molecular formula is C31H42F3N5O5. The predicted molar refractivity (Wildman–Crippen MR) is 156 cm³/mol. The number of carbonyl (C=O) groups excluding carboxylic acids is 3. The molecule has 2 heterocycles. The maximum Gasteiger partial charge on any atom is 0.449 e. The number of hydrogen-bond donors (Lipinski definition) is 5. The molecule has 242 valence electrons. The molecular weight excluding hydrogens is 579 g/mol. The van der Waals surface area contributed by atoms with E-state index in [0.29, 0.717) is 30.9 Å². The van der Waals surface area contributed by atoms with E-state index in [-0.39, 0.29) is 18.9 Å². The molecule has 44 heavy (non-hydrogen) atoms. The normalized spacial score (nSPS) is 22.4. The summed E-state index contributed by atoms with van der Waals surface area (Å²) in [7, 11) is 0. The van der Waals surface area contributed by atoms with Gasteiger partial charge in [0.1, 0.15) is 0 Å². The molecule has 1 saturated carbocycles. The average Bonchev–Trinajstić information content (AvgIpc) is 3.46. The van der Waals surface area contributed by atoms with Crippen LogP contribution in [0.5, 0.6) is 0 Å². The molecule has 4 rings (SSSR count). The zero-order chi connectivity index (χ0) is 32.1. The maximum atomic E-state index is 13.3. The van der Waals surface area contributed by atoms with E-state index in [2.05, 4.69) is 20.4 Å². The molecule has 1 aromatic heterocycles. The molecule has 10 nitrogen and oxygen atoms in total. The molecule has 1 aromatic carbocycles. The van der Waals surface area contributed by atoms with Crippen LogP contribution in [0.25, 0.3) is 0 Å². The molecule has 6 N–H and O–H groups in total. The first-order chi connectivity index (χ1) is 20.7. The minimum absolute atomic E-state index is 0.114. The van der Waals surface area contributed by atoms with Crippen LogP contribution in [-0.2, 0) is 22.2 Å². The van der Waals surface area contributed by atoms with Crippen molar-refractivity contribution in [1.82, 2.24) is 20.9 Å². The minimum atomic E-state index is -4.75. The lowest BCUT2D eigenvalue weighted by molar-refractivity contribution is -0.153. The van der Waals surface area contributed by atoms with Gasteiger partial charge in [-0.05, 0) is 62.6 Å². The lowest BCUT2D eigenvalue weighted by atomic mass is 9.72. The number of halogens is 3. The smallest absolute Gasteiger partial charge is 0.446 e. The Kier molecular flexibility index (Phi) is 10.7. The van der Waals surface area contributed by atoms with Crippen molar-refractivity contribution in [2.75, 3.05) is 19.6 Å². The largest absolute Gasteiger partial charge is 0.449 e. The number of rotatable bonds is 11. The first-order valence-electron chi connectivity index (χ1n) is 15.0. The SMILES string of the molecule is CC(C)(N)NC(=O)C1CC2CCCCC2CN1CC(O)C(Cc1ccccc1)NC(=O)CNC(=O)c1ccc(C(F)(F)F)o1. The van der Waals surface area contributed by atoms with Crippen LogP contribution in [0.1, 0.15) is 67.8 Å². The van der Waals surface area contributed by atoms with Gasteiger partial charge in [-0.1, -0.05) is 49.6 Å². The Hall–Kier alpha value is -3.42. The summed E-state index contributed by atoms with van der Waals surface area (Å²) in [6, 6.07) is 9.47. The van der Waals surface area contributed by atoms with E-state index >= 15 is 0 Å². The molecule has 2 aliphatic rings. The van der Waals surface area contributed by atoms with Crippen LogP contribution >= 0.6 is 0 Å². The Balaban J connectivity index is 1.45. The monoisotopic (exact) mass is 621 g/mol. The molecule has 3 amide bonds. The number of β-amino-alcohol motifs (C(OH)–C–C–N with tert-alkyl or cyclic N) is 1. The number of nitrogens with zero attached hydrogens (tertiary/aromatic N) is 1. The second-order valence-electron chi connectivity index (χ2n) is 12.5. The molecule has 5 unspecified atom stereocenters. The van der Waals surface area contributed by atoms with E-state index in [1.54, 1.807) is 13.8 Å². The van der Waals surface area contributed by atoms with Crippen LogP contribution in [0, 0.1) is 11.8 Å².